The molecule has 14 heavy (non-hydrogen) atoms. The molecule has 0 amide bonds. The molecule has 2 aromatic heterocycles. The topological polar surface area (TPSA) is 30.7 Å². The van der Waals surface area contributed by atoms with Gasteiger partial charge in [0.25, 0.3) is 0 Å². The van der Waals surface area contributed by atoms with Gasteiger partial charge in [0.05, 0.1) is 12.0 Å². The molecule has 0 atom stereocenters. The van der Waals surface area contributed by atoms with E-state index in [4.69, 9.17) is 0 Å². The zero-order chi connectivity index (χ0) is 10.4. The van der Waals surface area contributed by atoms with Crippen LogP contribution in [0.25, 0.3) is 11.4 Å². The van der Waals surface area contributed by atoms with Crippen molar-refractivity contribution < 1.29 is 0 Å². The Labute approximate surface area is 84.4 Å². The van der Waals surface area contributed by atoms with Crippen LogP contribution in [0, 0.1) is 0 Å². The van der Waals surface area contributed by atoms with Crippen molar-refractivity contribution in [2.75, 3.05) is 0 Å². The van der Waals surface area contributed by atoms with Crippen molar-refractivity contribution in [1.29, 1.82) is 0 Å². The predicted molar refractivity (Wildman–Crippen MR) is 57.8 cm³/mol. The molecule has 74 valence electrons. The number of nitrogens with zero attached hydrogens (tertiary/aromatic N) is 3. The second-order valence-electron chi connectivity index (χ2n) is 2.64. The van der Waals surface area contributed by atoms with Gasteiger partial charge in [0, 0.05) is 19.4 Å². The molecule has 0 N–H and O–H groups in total. The SMILES string of the molecule is CC.Cn1cnc(-c2ccccn2)c1. The van der Waals surface area contributed by atoms with Crippen molar-refractivity contribution in [1.82, 2.24) is 14.5 Å². The molecule has 2 heterocycles. The van der Waals surface area contributed by atoms with E-state index in [1.807, 2.05) is 49.9 Å². The zero-order valence-corrected chi connectivity index (χ0v) is 8.81. The molecule has 0 aliphatic carbocycles. The maximum atomic E-state index is 4.19. The average Bonchev–Trinajstić information content (AvgIpc) is 2.69. The summed E-state index contributed by atoms with van der Waals surface area (Å²) >= 11 is 0. The van der Waals surface area contributed by atoms with Crippen LogP contribution in [0.5, 0.6) is 0 Å². The van der Waals surface area contributed by atoms with Crippen molar-refractivity contribution in [3.05, 3.63) is 36.9 Å². The molecule has 0 bridgehead atoms. The first kappa shape index (κ1) is 10.4. The van der Waals surface area contributed by atoms with Gasteiger partial charge >= 0.3 is 0 Å². The van der Waals surface area contributed by atoms with Gasteiger partial charge in [-0.15, -0.1) is 0 Å². The average molecular weight is 189 g/mol. The molecule has 0 aliphatic rings. The van der Waals surface area contributed by atoms with Gasteiger partial charge in [-0.1, -0.05) is 19.9 Å². The summed E-state index contributed by atoms with van der Waals surface area (Å²) in [6.07, 6.45) is 5.48. The second kappa shape index (κ2) is 5.17. The van der Waals surface area contributed by atoms with Crippen molar-refractivity contribution in [2.24, 2.45) is 7.05 Å². The van der Waals surface area contributed by atoms with Gasteiger partial charge < -0.3 is 4.57 Å². The molecular formula is C11H15N3. The molecule has 0 saturated carbocycles. The van der Waals surface area contributed by atoms with Crippen LogP contribution < -0.4 is 0 Å². The highest BCUT2D eigenvalue weighted by atomic mass is 15.0. The van der Waals surface area contributed by atoms with E-state index >= 15 is 0 Å². The monoisotopic (exact) mass is 189 g/mol. The second-order valence-corrected chi connectivity index (χ2v) is 2.64. The van der Waals surface area contributed by atoms with E-state index in [9.17, 15) is 0 Å². The van der Waals surface area contributed by atoms with Crippen LogP contribution in [0.3, 0.4) is 0 Å². The maximum Gasteiger partial charge on any atom is 0.107 e. The number of hydrogen-bond donors (Lipinski definition) is 0. The highest BCUT2D eigenvalue weighted by Gasteiger charge is 1.99. The Hall–Kier alpha value is -1.64. The summed E-state index contributed by atoms with van der Waals surface area (Å²) in [7, 11) is 1.94. The van der Waals surface area contributed by atoms with E-state index < -0.39 is 0 Å². The fourth-order valence-electron chi connectivity index (χ4n) is 1.06. The molecule has 2 rings (SSSR count). The molecule has 0 radical (unpaired) electrons. The van der Waals surface area contributed by atoms with Gasteiger partial charge in [-0.2, -0.15) is 0 Å². The minimum Gasteiger partial charge on any atom is -0.340 e. The Balaban J connectivity index is 0.000000461. The third-order valence-electron chi connectivity index (χ3n) is 1.63. The van der Waals surface area contributed by atoms with Crippen molar-refractivity contribution in [2.45, 2.75) is 13.8 Å². The van der Waals surface area contributed by atoms with Crippen LogP contribution in [0.4, 0.5) is 0 Å². The highest BCUT2D eigenvalue weighted by molar-refractivity contribution is 5.51. The summed E-state index contributed by atoms with van der Waals surface area (Å²) in [5.74, 6) is 0. The van der Waals surface area contributed by atoms with Gasteiger partial charge in [0.15, 0.2) is 0 Å². The Bertz CT molecular complexity index is 365. The number of imidazole rings is 1. The summed E-state index contributed by atoms with van der Waals surface area (Å²) in [5.41, 5.74) is 1.83. The lowest BCUT2D eigenvalue weighted by molar-refractivity contribution is 0.913. The van der Waals surface area contributed by atoms with Crippen molar-refractivity contribution in [3.63, 3.8) is 0 Å². The third kappa shape index (κ3) is 2.42. The van der Waals surface area contributed by atoms with Crippen LogP contribution in [-0.2, 0) is 7.05 Å². The number of aryl methyl sites for hydroxylation is 1. The van der Waals surface area contributed by atoms with E-state index in [1.54, 1.807) is 12.5 Å². The van der Waals surface area contributed by atoms with E-state index in [0.29, 0.717) is 0 Å². The minimum absolute atomic E-state index is 0.915. The van der Waals surface area contributed by atoms with Crippen molar-refractivity contribution >= 4 is 0 Å². The van der Waals surface area contributed by atoms with Crippen LogP contribution >= 0.6 is 0 Å². The summed E-state index contributed by atoms with van der Waals surface area (Å²) in [6.45, 7) is 4.00. The molecule has 0 fully saturated rings. The number of pyridine rings is 1. The third-order valence-corrected chi connectivity index (χ3v) is 1.63. The van der Waals surface area contributed by atoms with Gasteiger partial charge in [-0.3, -0.25) is 4.98 Å². The minimum atomic E-state index is 0.915. The normalized spacial score (nSPS) is 9.07. The van der Waals surface area contributed by atoms with Gasteiger partial charge in [-0.25, -0.2) is 4.98 Å². The van der Waals surface area contributed by atoms with Gasteiger partial charge in [-0.05, 0) is 12.1 Å². The molecule has 0 aromatic carbocycles. The Kier molecular flexibility index (Phi) is 3.85. The fraction of sp³-hybridized carbons (Fsp3) is 0.273. The molecule has 3 heteroatoms. The number of rotatable bonds is 1. The largest absolute Gasteiger partial charge is 0.340 e. The van der Waals surface area contributed by atoms with Gasteiger partial charge in [0.2, 0.25) is 0 Å². The smallest absolute Gasteiger partial charge is 0.107 e. The molecule has 3 nitrogen and oxygen atoms in total. The van der Waals surface area contributed by atoms with E-state index in [0.717, 1.165) is 11.4 Å². The van der Waals surface area contributed by atoms with Crippen LogP contribution in [0.2, 0.25) is 0 Å². The molecular weight excluding hydrogens is 174 g/mol. The number of hydrogen-bond acceptors (Lipinski definition) is 2. The first-order valence-electron chi connectivity index (χ1n) is 4.75. The summed E-state index contributed by atoms with van der Waals surface area (Å²) in [4.78, 5) is 8.37. The molecule has 0 saturated heterocycles. The summed E-state index contributed by atoms with van der Waals surface area (Å²) in [6, 6.07) is 5.80. The van der Waals surface area contributed by atoms with Crippen molar-refractivity contribution in [3.8, 4) is 11.4 Å². The fourth-order valence-corrected chi connectivity index (χ4v) is 1.06. The standard InChI is InChI=1S/C9H9N3.C2H6/c1-12-6-9(11-7-12)8-4-2-3-5-10-8;1-2/h2-7H,1H3;1-2H3. The van der Waals surface area contributed by atoms with Gasteiger partial charge in [0.1, 0.15) is 5.69 Å². The van der Waals surface area contributed by atoms with E-state index in [-0.39, 0.29) is 0 Å². The van der Waals surface area contributed by atoms with Crippen LogP contribution in [0.15, 0.2) is 36.9 Å². The first-order valence-corrected chi connectivity index (χ1v) is 4.75. The Morgan fingerprint density at radius 2 is 1.86 bits per heavy atom. The zero-order valence-electron chi connectivity index (χ0n) is 8.81. The van der Waals surface area contributed by atoms with E-state index in [2.05, 4.69) is 9.97 Å². The predicted octanol–water partition coefficient (Wildman–Crippen LogP) is 2.51. The van der Waals surface area contributed by atoms with Crippen LogP contribution in [0.1, 0.15) is 13.8 Å². The van der Waals surface area contributed by atoms with Crippen LogP contribution in [-0.4, -0.2) is 14.5 Å². The Morgan fingerprint density at radius 1 is 1.07 bits per heavy atom. The molecule has 2 aromatic rings. The number of aromatic nitrogens is 3. The highest BCUT2D eigenvalue weighted by Crippen LogP contribution is 2.11. The first-order chi connectivity index (χ1) is 6.86. The lowest BCUT2D eigenvalue weighted by Crippen LogP contribution is -1.81. The lowest BCUT2D eigenvalue weighted by atomic mass is 10.3. The summed E-state index contributed by atoms with van der Waals surface area (Å²) in [5, 5.41) is 0. The summed E-state index contributed by atoms with van der Waals surface area (Å²) < 4.78 is 1.91. The molecule has 0 unspecified atom stereocenters. The molecule has 0 aliphatic heterocycles. The Morgan fingerprint density at radius 3 is 2.36 bits per heavy atom. The quantitative estimate of drug-likeness (QED) is 0.690. The molecule has 0 spiro atoms. The lowest BCUT2D eigenvalue weighted by Gasteiger charge is -1.91. The van der Waals surface area contributed by atoms with E-state index in [1.165, 1.54) is 0 Å². The maximum absolute atomic E-state index is 4.19.